The molecule has 0 bridgehead atoms. The topological polar surface area (TPSA) is 79.7 Å². The van der Waals surface area contributed by atoms with Gasteiger partial charge >= 0.3 is 6.03 Å². The van der Waals surface area contributed by atoms with E-state index >= 15 is 0 Å². The first-order valence-corrected chi connectivity index (χ1v) is 10.8. The van der Waals surface area contributed by atoms with Crippen molar-refractivity contribution in [1.29, 1.82) is 0 Å². The molecule has 1 spiro atoms. The number of piperidine rings is 1. The lowest BCUT2D eigenvalue weighted by molar-refractivity contribution is -0.178. The van der Waals surface area contributed by atoms with Gasteiger partial charge in [-0.2, -0.15) is 0 Å². The van der Waals surface area contributed by atoms with E-state index in [-0.39, 0.29) is 17.8 Å². The molecule has 1 atom stereocenters. The molecule has 0 radical (unpaired) electrons. The van der Waals surface area contributed by atoms with Crippen LogP contribution in [0.25, 0.3) is 0 Å². The summed E-state index contributed by atoms with van der Waals surface area (Å²) in [5, 5.41) is 2.81. The van der Waals surface area contributed by atoms with Crippen molar-refractivity contribution in [3.8, 4) is 0 Å². The minimum absolute atomic E-state index is 0.0488. The predicted octanol–water partition coefficient (Wildman–Crippen LogP) is 2.57. The van der Waals surface area contributed by atoms with E-state index in [4.69, 9.17) is 4.74 Å². The number of imidazole rings is 1. The zero-order chi connectivity index (χ0) is 21.4. The average Bonchev–Trinajstić information content (AvgIpc) is 3.48. The van der Waals surface area contributed by atoms with Gasteiger partial charge in [0.1, 0.15) is 17.2 Å². The highest BCUT2D eigenvalue weighted by Crippen LogP contribution is 2.40. The number of amides is 3. The van der Waals surface area contributed by atoms with Crippen molar-refractivity contribution in [3.63, 3.8) is 0 Å². The van der Waals surface area contributed by atoms with Gasteiger partial charge in [-0.15, -0.1) is 0 Å². The normalized spacial score (nSPS) is 22.4. The van der Waals surface area contributed by atoms with Crippen LogP contribution in [-0.2, 0) is 21.7 Å². The second-order valence-corrected chi connectivity index (χ2v) is 8.46. The predicted molar refractivity (Wildman–Crippen MR) is 111 cm³/mol. The molecule has 5 rings (SSSR count). The number of aromatic nitrogens is 2. The molecule has 3 amide bonds. The number of nitrogens with zero attached hydrogens (tertiary/aromatic N) is 4. The smallest absolute Gasteiger partial charge is 0.321 e. The summed E-state index contributed by atoms with van der Waals surface area (Å²) in [6.07, 6.45) is 6.32. The molecule has 164 valence electrons. The minimum Gasteiger partial charge on any atom is -0.352 e. The number of urea groups is 1. The van der Waals surface area contributed by atoms with Crippen molar-refractivity contribution in [2.75, 3.05) is 31.5 Å². The Bertz CT molecular complexity index is 962. The Hall–Kier alpha value is -2.94. The second-order valence-electron chi connectivity index (χ2n) is 8.46. The highest BCUT2D eigenvalue weighted by atomic mass is 19.1. The van der Waals surface area contributed by atoms with E-state index < -0.39 is 11.7 Å². The van der Waals surface area contributed by atoms with Crippen LogP contribution in [0.4, 0.5) is 14.9 Å². The highest BCUT2D eigenvalue weighted by molar-refractivity contribution is 5.89. The molecular formula is C22H26FN5O3. The van der Waals surface area contributed by atoms with Crippen LogP contribution >= 0.6 is 0 Å². The monoisotopic (exact) mass is 427 g/mol. The Labute approximate surface area is 180 Å². The number of likely N-dealkylation sites (tertiary alicyclic amines) is 2. The summed E-state index contributed by atoms with van der Waals surface area (Å²) in [6, 6.07) is 5.47. The Balaban J connectivity index is 1.28. The first-order chi connectivity index (χ1) is 15.0. The lowest BCUT2D eigenvalue weighted by Gasteiger charge is -2.45. The SMILES string of the molecule is O=C(Nc1ccc(F)cc1)N1CCC2(CC1)OC(C(=O)N1CCCC1)Cn1ccnc12. The van der Waals surface area contributed by atoms with Gasteiger partial charge in [-0.25, -0.2) is 14.2 Å². The van der Waals surface area contributed by atoms with Crippen LogP contribution in [0.15, 0.2) is 36.7 Å². The molecule has 1 N–H and O–H groups in total. The van der Waals surface area contributed by atoms with Crippen molar-refractivity contribution in [1.82, 2.24) is 19.4 Å². The molecule has 1 aromatic carbocycles. The number of ether oxygens (including phenoxy) is 1. The molecule has 0 aliphatic carbocycles. The van der Waals surface area contributed by atoms with Crippen molar-refractivity contribution < 1.29 is 18.7 Å². The molecule has 4 heterocycles. The van der Waals surface area contributed by atoms with E-state index in [1.165, 1.54) is 24.3 Å². The highest BCUT2D eigenvalue weighted by Gasteiger charge is 2.48. The third kappa shape index (κ3) is 3.78. The van der Waals surface area contributed by atoms with Gasteiger partial charge in [-0.1, -0.05) is 0 Å². The maximum atomic E-state index is 13.1. The Kier molecular flexibility index (Phi) is 5.13. The van der Waals surface area contributed by atoms with Crippen LogP contribution in [0, 0.1) is 5.82 Å². The van der Waals surface area contributed by atoms with Crippen molar-refractivity contribution >= 4 is 17.6 Å². The minimum atomic E-state index is -0.672. The lowest BCUT2D eigenvalue weighted by Crippen LogP contribution is -2.55. The quantitative estimate of drug-likeness (QED) is 0.799. The number of fused-ring (bicyclic) bond motifs is 2. The van der Waals surface area contributed by atoms with Crippen molar-refractivity contribution in [2.45, 2.75) is 43.9 Å². The van der Waals surface area contributed by atoms with E-state index in [2.05, 4.69) is 10.3 Å². The van der Waals surface area contributed by atoms with E-state index in [0.717, 1.165) is 31.8 Å². The molecule has 2 fully saturated rings. The van der Waals surface area contributed by atoms with Crippen molar-refractivity contribution in [2.24, 2.45) is 0 Å². The standard InChI is InChI=1S/C22H26FN5O3/c23-16-3-5-17(6-4-16)25-21(30)27-12-7-22(8-13-27)20-24-9-14-28(20)15-18(31-22)19(29)26-10-1-2-11-26/h3-6,9,14,18H,1-2,7-8,10-13,15H2,(H,25,30). The average molecular weight is 427 g/mol. The summed E-state index contributed by atoms with van der Waals surface area (Å²) in [6.45, 7) is 3.01. The number of anilines is 1. The van der Waals surface area contributed by atoms with Gasteiger partial charge in [0.05, 0.1) is 6.54 Å². The molecule has 1 unspecified atom stereocenters. The molecule has 3 aliphatic heterocycles. The summed E-state index contributed by atoms with van der Waals surface area (Å²) in [4.78, 5) is 33.8. The van der Waals surface area contributed by atoms with Crippen LogP contribution in [0.1, 0.15) is 31.5 Å². The maximum Gasteiger partial charge on any atom is 0.321 e. The van der Waals surface area contributed by atoms with E-state index in [0.29, 0.717) is 38.2 Å². The third-order valence-electron chi connectivity index (χ3n) is 6.50. The first-order valence-electron chi connectivity index (χ1n) is 10.8. The summed E-state index contributed by atoms with van der Waals surface area (Å²) in [7, 11) is 0. The van der Waals surface area contributed by atoms with E-state index in [1.807, 2.05) is 15.7 Å². The summed E-state index contributed by atoms with van der Waals surface area (Å²) in [5.41, 5.74) is -0.124. The number of halogens is 1. The lowest BCUT2D eigenvalue weighted by atomic mass is 9.88. The molecular weight excluding hydrogens is 401 g/mol. The number of carbonyl (C=O) groups excluding carboxylic acids is 2. The maximum absolute atomic E-state index is 13.1. The first kappa shape index (κ1) is 20.0. The number of rotatable bonds is 2. The fraction of sp³-hybridized carbons (Fsp3) is 0.500. The molecule has 8 nitrogen and oxygen atoms in total. The van der Waals surface area contributed by atoms with Gasteiger partial charge in [-0.05, 0) is 37.1 Å². The molecule has 2 aromatic rings. The van der Waals surface area contributed by atoms with Gasteiger partial charge in [0.2, 0.25) is 0 Å². The summed E-state index contributed by atoms with van der Waals surface area (Å²) in [5.74, 6) is 0.533. The third-order valence-corrected chi connectivity index (χ3v) is 6.50. The van der Waals surface area contributed by atoms with Crippen molar-refractivity contribution in [3.05, 3.63) is 48.3 Å². The zero-order valence-corrected chi connectivity index (χ0v) is 17.3. The largest absolute Gasteiger partial charge is 0.352 e. The molecule has 3 aliphatic rings. The van der Waals surface area contributed by atoms with Gasteiger partial charge in [0, 0.05) is 57.1 Å². The number of benzene rings is 1. The molecule has 2 saturated heterocycles. The number of nitrogens with one attached hydrogen (secondary N) is 1. The molecule has 9 heteroatoms. The molecule has 0 saturated carbocycles. The fourth-order valence-corrected chi connectivity index (χ4v) is 4.81. The molecule has 1 aromatic heterocycles. The van der Waals surface area contributed by atoms with E-state index in [1.54, 1.807) is 11.1 Å². The number of hydrogen-bond donors (Lipinski definition) is 1. The van der Waals surface area contributed by atoms with Crippen LogP contribution < -0.4 is 5.32 Å². The second kappa shape index (κ2) is 7.96. The van der Waals surface area contributed by atoms with Gasteiger partial charge in [0.25, 0.3) is 5.91 Å². The fourth-order valence-electron chi connectivity index (χ4n) is 4.81. The Morgan fingerprint density at radius 1 is 1.06 bits per heavy atom. The van der Waals surface area contributed by atoms with Crippen LogP contribution in [-0.4, -0.2) is 63.6 Å². The Morgan fingerprint density at radius 3 is 2.48 bits per heavy atom. The molecule has 31 heavy (non-hydrogen) atoms. The van der Waals surface area contributed by atoms with Crippen LogP contribution in [0.3, 0.4) is 0 Å². The van der Waals surface area contributed by atoms with Crippen LogP contribution in [0.5, 0.6) is 0 Å². The zero-order valence-electron chi connectivity index (χ0n) is 17.3. The Morgan fingerprint density at radius 2 is 1.77 bits per heavy atom. The van der Waals surface area contributed by atoms with Gasteiger partial charge in [-0.3, -0.25) is 4.79 Å². The number of carbonyl (C=O) groups is 2. The number of hydrogen-bond acceptors (Lipinski definition) is 4. The van der Waals surface area contributed by atoms with E-state index in [9.17, 15) is 14.0 Å². The van der Waals surface area contributed by atoms with Gasteiger partial charge < -0.3 is 24.4 Å². The van der Waals surface area contributed by atoms with Crippen LogP contribution in [0.2, 0.25) is 0 Å². The summed E-state index contributed by atoms with van der Waals surface area (Å²) >= 11 is 0. The van der Waals surface area contributed by atoms with Gasteiger partial charge in [0.15, 0.2) is 6.10 Å². The summed E-state index contributed by atoms with van der Waals surface area (Å²) < 4.78 is 21.6.